The van der Waals surface area contributed by atoms with Crippen molar-refractivity contribution >= 4 is 21.6 Å². The minimum Gasteiger partial charge on any atom is -0.371 e. The molecule has 0 spiro atoms. The summed E-state index contributed by atoms with van der Waals surface area (Å²) >= 11 is 3.38. The molecule has 0 amide bonds. The predicted octanol–water partition coefficient (Wildman–Crippen LogP) is 4.25. The van der Waals surface area contributed by atoms with E-state index in [0.717, 1.165) is 15.7 Å². The zero-order valence-electron chi connectivity index (χ0n) is 11.3. The summed E-state index contributed by atoms with van der Waals surface area (Å²) < 4.78 is 39.6. The molecular weight excluding hydrogens is 333 g/mol. The second-order valence-corrected chi connectivity index (χ2v) is 6.23. The fraction of sp³-hybridized carbons (Fsp3) is 0.571. The van der Waals surface area contributed by atoms with Crippen LogP contribution >= 0.6 is 15.9 Å². The Labute approximate surface area is 125 Å². The molecule has 1 saturated heterocycles. The number of piperidine rings is 1. The van der Waals surface area contributed by atoms with Crippen LogP contribution in [0.25, 0.3) is 0 Å². The summed E-state index contributed by atoms with van der Waals surface area (Å²) in [5, 5.41) is 0. The Balaban J connectivity index is 2.29. The van der Waals surface area contributed by atoms with Crippen molar-refractivity contribution < 1.29 is 13.2 Å². The Morgan fingerprint density at radius 2 is 2.10 bits per heavy atom. The Bertz CT molecular complexity index is 474. The van der Waals surface area contributed by atoms with Gasteiger partial charge >= 0.3 is 6.18 Å². The van der Waals surface area contributed by atoms with Crippen LogP contribution in [0.5, 0.6) is 0 Å². The standard InChI is InChI=1S/C14H18BrF3N2/c1-9(19)12-5-4-11(15)7-13(12)20-6-2-3-10(8-20)14(16,17)18/h4-5,7,9-10H,2-3,6,8,19H2,1H3. The Morgan fingerprint density at radius 1 is 1.40 bits per heavy atom. The zero-order chi connectivity index (χ0) is 14.9. The molecule has 0 bridgehead atoms. The van der Waals surface area contributed by atoms with E-state index in [4.69, 9.17) is 5.73 Å². The molecule has 1 heterocycles. The first-order chi connectivity index (χ1) is 9.29. The quantitative estimate of drug-likeness (QED) is 0.863. The number of hydrogen-bond acceptors (Lipinski definition) is 2. The molecular formula is C14H18BrF3N2. The maximum atomic E-state index is 12.9. The van der Waals surface area contributed by atoms with Crippen molar-refractivity contribution in [3.8, 4) is 0 Å². The van der Waals surface area contributed by atoms with Crippen LogP contribution in [0.2, 0.25) is 0 Å². The minimum atomic E-state index is -4.13. The molecule has 1 aromatic rings. The van der Waals surface area contributed by atoms with E-state index in [1.165, 1.54) is 0 Å². The van der Waals surface area contributed by atoms with Gasteiger partial charge in [-0.25, -0.2) is 0 Å². The van der Waals surface area contributed by atoms with E-state index < -0.39 is 12.1 Å². The zero-order valence-corrected chi connectivity index (χ0v) is 12.8. The van der Waals surface area contributed by atoms with Crippen molar-refractivity contribution in [3.63, 3.8) is 0 Å². The number of nitrogens with two attached hydrogens (primary N) is 1. The summed E-state index contributed by atoms with van der Waals surface area (Å²) in [4.78, 5) is 1.81. The van der Waals surface area contributed by atoms with Crippen LogP contribution in [0.1, 0.15) is 31.4 Å². The van der Waals surface area contributed by atoms with Crippen LogP contribution in [0.15, 0.2) is 22.7 Å². The highest BCUT2D eigenvalue weighted by Crippen LogP contribution is 2.37. The highest BCUT2D eigenvalue weighted by Gasteiger charge is 2.42. The molecule has 112 valence electrons. The molecule has 20 heavy (non-hydrogen) atoms. The molecule has 1 aliphatic rings. The number of alkyl halides is 3. The van der Waals surface area contributed by atoms with Crippen molar-refractivity contribution in [3.05, 3.63) is 28.2 Å². The summed E-state index contributed by atoms with van der Waals surface area (Å²) in [7, 11) is 0. The number of halogens is 4. The molecule has 2 atom stereocenters. The molecule has 0 saturated carbocycles. The number of benzene rings is 1. The van der Waals surface area contributed by atoms with Gasteiger partial charge in [0.2, 0.25) is 0 Å². The first-order valence-corrected chi connectivity index (χ1v) is 7.45. The van der Waals surface area contributed by atoms with Gasteiger partial charge in [0.05, 0.1) is 5.92 Å². The van der Waals surface area contributed by atoms with Crippen LogP contribution in [0.3, 0.4) is 0 Å². The van der Waals surface area contributed by atoms with E-state index in [2.05, 4.69) is 15.9 Å². The third-order valence-electron chi connectivity index (χ3n) is 3.71. The highest BCUT2D eigenvalue weighted by atomic mass is 79.9. The monoisotopic (exact) mass is 350 g/mol. The van der Waals surface area contributed by atoms with E-state index in [9.17, 15) is 13.2 Å². The van der Waals surface area contributed by atoms with Gasteiger partial charge in [0.15, 0.2) is 0 Å². The Kier molecular flexibility index (Phi) is 4.64. The maximum absolute atomic E-state index is 12.9. The lowest BCUT2D eigenvalue weighted by Crippen LogP contribution is -2.42. The van der Waals surface area contributed by atoms with Gasteiger partial charge in [-0.05, 0) is 37.5 Å². The van der Waals surface area contributed by atoms with Gasteiger partial charge in [0.1, 0.15) is 0 Å². The average Bonchev–Trinajstić information content (AvgIpc) is 2.37. The predicted molar refractivity (Wildman–Crippen MR) is 77.7 cm³/mol. The normalized spacial score (nSPS) is 21.9. The molecule has 0 aromatic heterocycles. The van der Waals surface area contributed by atoms with Gasteiger partial charge < -0.3 is 10.6 Å². The second-order valence-electron chi connectivity index (χ2n) is 5.32. The number of hydrogen-bond donors (Lipinski definition) is 1. The molecule has 2 unspecified atom stereocenters. The van der Waals surface area contributed by atoms with Gasteiger partial charge in [-0.3, -0.25) is 0 Å². The molecule has 0 aliphatic carbocycles. The van der Waals surface area contributed by atoms with Crippen molar-refractivity contribution in [2.75, 3.05) is 18.0 Å². The number of nitrogens with zero attached hydrogens (tertiary/aromatic N) is 1. The second kappa shape index (κ2) is 5.93. The average molecular weight is 351 g/mol. The van der Waals surface area contributed by atoms with Crippen LogP contribution < -0.4 is 10.6 Å². The largest absolute Gasteiger partial charge is 0.393 e. The van der Waals surface area contributed by atoms with Gasteiger partial charge in [0.25, 0.3) is 0 Å². The third-order valence-corrected chi connectivity index (χ3v) is 4.20. The first kappa shape index (κ1) is 15.6. The fourth-order valence-corrected chi connectivity index (χ4v) is 2.99. The Hall–Kier alpha value is -0.750. The maximum Gasteiger partial charge on any atom is 0.393 e. The molecule has 1 fully saturated rings. The molecule has 0 radical (unpaired) electrons. The third kappa shape index (κ3) is 3.47. The summed E-state index contributed by atoms with van der Waals surface area (Å²) in [6.07, 6.45) is -3.37. The van der Waals surface area contributed by atoms with Crippen LogP contribution in [-0.4, -0.2) is 19.3 Å². The number of anilines is 1. The number of rotatable bonds is 2. The molecule has 1 aliphatic heterocycles. The summed E-state index contributed by atoms with van der Waals surface area (Å²) in [6.45, 7) is 2.50. The van der Waals surface area contributed by atoms with E-state index in [-0.39, 0.29) is 19.0 Å². The lowest BCUT2D eigenvalue weighted by atomic mass is 9.95. The summed E-state index contributed by atoms with van der Waals surface area (Å²) in [5.74, 6) is -1.25. The summed E-state index contributed by atoms with van der Waals surface area (Å²) in [5.41, 5.74) is 7.62. The molecule has 1 aromatic carbocycles. The summed E-state index contributed by atoms with van der Waals surface area (Å²) in [6, 6.07) is 5.40. The van der Waals surface area contributed by atoms with E-state index in [1.54, 1.807) is 0 Å². The van der Waals surface area contributed by atoms with Crippen molar-refractivity contribution in [2.24, 2.45) is 11.7 Å². The molecule has 2 nitrogen and oxygen atoms in total. The smallest absolute Gasteiger partial charge is 0.371 e. The minimum absolute atomic E-state index is 0.0136. The SMILES string of the molecule is CC(N)c1ccc(Br)cc1N1CCCC(C(F)(F)F)C1. The molecule has 6 heteroatoms. The van der Waals surface area contributed by atoms with Gasteiger partial charge in [-0.2, -0.15) is 13.2 Å². The van der Waals surface area contributed by atoms with Crippen LogP contribution in [-0.2, 0) is 0 Å². The molecule has 2 N–H and O–H groups in total. The topological polar surface area (TPSA) is 29.3 Å². The first-order valence-electron chi connectivity index (χ1n) is 6.65. The van der Waals surface area contributed by atoms with Crippen molar-refractivity contribution in [1.29, 1.82) is 0 Å². The van der Waals surface area contributed by atoms with Gasteiger partial charge in [0, 0.05) is 29.3 Å². The van der Waals surface area contributed by atoms with Crippen LogP contribution in [0.4, 0.5) is 18.9 Å². The van der Waals surface area contributed by atoms with E-state index in [0.29, 0.717) is 13.0 Å². The van der Waals surface area contributed by atoms with Gasteiger partial charge in [-0.1, -0.05) is 22.0 Å². The fourth-order valence-electron chi connectivity index (χ4n) is 2.64. The van der Waals surface area contributed by atoms with E-state index in [1.807, 2.05) is 30.0 Å². The van der Waals surface area contributed by atoms with E-state index >= 15 is 0 Å². The van der Waals surface area contributed by atoms with Crippen molar-refractivity contribution in [2.45, 2.75) is 32.0 Å². The Morgan fingerprint density at radius 3 is 2.70 bits per heavy atom. The van der Waals surface area contributed by atoms with Crippen molar-refractivity contribution in [1.82, 2.24) is 0 Å². The lowest BCUT2D eigenvalue weighted by molar-refractivity contribution is -0.176. The van der Waals surface area contributed by atoms with Gasteiger partial charge in [-0.15, -0.1) is 0 Å². The van der Waals surface area contributed by atoms with Crippen LogP contribution in [0, 0.1) is 5.92 Å². The lowest BCUT2D eigenvalue weighted by Gasteiger charge is -2.36. The highest BCUT2D eigenvalue weighted by molar-refractivity contribution is 9.10. The molecule has 2 rings (SSSR count).